The summed E-state index contributed by atoms with van der Waals surface area (Å²) in [5, 5.41) is 3.57. The average molecular weight is 378 g/mol. The number of fused-ring (bicyclic) bond motifs is 1. The molecule has 4 rings (SSSR count). The minimum atomic E-state index is 0.0522. The summed E-state index contributed by atoms with van der Waals surface area (Å²) in [6, 6.07) is 10.2. The lowest BCUT2D eigenvalue weighted by atomic mass is 10.1. The third-order valence-electron chi connectivity index (χ3n) is 5.23. The summed E-state index contributed by atoms with van der Waals surface area (Å²) in [6.45, 7) is 1.51. The van der Waals surface area contributed by atoms with Gasteiger partial charge in [0.05, 0.1) is 18.1 Å². The van der Waals surface area contributed by atoms with E-state index in [1.54, 1.807) is 6.20 Å². The highest BCUT2D eigenvalue weighted by atomic mass is 16.2. The number of hydrogen-bond donors (Lipinski definition) is 1. The van der Waals surface area contributed by atoms with Gasteiger partial charge in [-0.3, -0.25) is 9.20 Å². The van der Waals surface area contributed by atoms with Crippen molar-refractivity contribution in [3.05, 3.63) is 54.6 Å². The van der Waals surface area contributed by atoms with Gasteiger partial charge in [-0.05, 0) is 43.5 Å². The van der Waals surface area contributed by atoms with Crippen molar-refractivity contribution in [1.82, 2.24) is 19.3 Å². The Kier molecular flexibility index (Phi) is 5.14. The van der Waals surface area contributed by atoms with Gasteiger partial charge in [-0.1, -0.05) is 6.07 Å². The molecule has 1 aliphatic heterocycles. The highest BCUT2D eigenvalue weighted by Crippen LogP contribution is 2.19. The lowest BCUT2D eigenvalue weighted by Gasteiger charge is -2.21. The summed E-state index contributed by atoms with van der Waals surface area (Å²) in [6.07, 6.45) is 8.37. The molecule has 1 fully saturated rings. The van der Waals surface area contributed by atoms with E-state index in [-0.39, 0.29) is 5.91 Å². The Morgan fingerprint density at radius 2 is 2.00 bits per heavy atom. The Morgan fingerprint density at radius 3 is 2.79 bits per heavy atom. The van der Waals surface area contributed by atoms with Crippen molar-refractivity contribution < 1.29 is 4.79 Å². The highest BCUT2D eigenvalue weighted by Gasteiger charge is 2.23. The van der Waals surface area contributed by atoms with Crippen LogP contribution in [-0.4, -0.2) is 58.4 Å². The van der Waals surface area contributed by atoms with Crippen LogP contribution in [0.4, 0.5) is 11.5 Å². The van der Waals surface area contributed by atoms with Gasteiger partial charge < -0.3 is 15.1 Å². The first kappa shape index (κ1) is 18.3. The smallest absolute Gasteiger partial charge is 0.272 e. The number of anilines is 2. The van der Waals surface area contributed by atoms with Crippen molar-refractivity contribution in [1.29, 1.82) is 0 Å². The molecule has 146 valence electrons. The Bertz CT molecular complexity index is 949. The second-order valence-electron chi connectivity index (χ2n) is 7.44. The number of amides is 1. The third kappa shape index (κ3) is 3.78. The number of aromatic nitrogens is 3. The zero-order valence-corrected chi connectivity index (χ0v) is 16.4. The predicted octanol–water partition coefficient (Wildman–Crippen LogP) is 2.90. The molecule has 0 saturated carbocycles. The van der Waals surface area contributed by atoms with Crippen LogP contribution in [0.25, 0.3) is 5.65 Å². The number of carbonyl (C=O) groups is 1. The minimum absolute atomic E-state index is 0.0522. The number of likely N-dealkylation sites (tertiary alicyclic amines) is 1. The third-order valence-corrected chi connectivity index (χ3v) is 5.23. The monoisotopic (exact) mass is 378 g/mol. The van der Waals surface area contributed by atoms with E-state index in [4.69, 9.17) is 0 Å². The van der Waals surface area contributed by atoms with E-state index < -0.39 is 0 Å². The van der Waals surface area contributed by atoms with Crippen LogP contribution in [0.15, 0.2) is 48.9 Å². The zero-order valence-electron chi connectivity index (χ0n) is 16.4. The molecule has 1 N–H and O–H groups in total. The standard InChI is InChI=1S/C21H26N6O/c1-25(2)19-9-8-17(14-22-19)24-16-6-5-11-26(13-10-16)21(28)18-15-23-20-7-3-4-12-27(18)20/h3-4,7-9,12,14-16,24H,5-6,10-11,13H2,1-2H3/t16-/m0/s1. The Morgan fingerprint density at radius 1 is 1.11 bits per heavy atom. The fraction of sp³-hybridized carbons (Fsp3) is 0.381. The summed E-state index contributed by atoms with van der Waals surface area (Å²) in [5.74, 6) is 0.993. The van der Waals surface area contributed by atoms with Gasteiger partial charge in [0, 0.05) is 39.4 Å². The van der Waals surface area contributed by atoms with Crippen molar-refractivity contribution in [3.8, 4) is 0 Å². The van der Waals surface area contributed by atoms with Gasteiger partial charge in [0.25, 0.3) is 5.91 Å². The molecule has 0 aliphatic carbocycles. The van der Waals surface area contributed by atoms with Crippen LogP contribution >= 0.6 is 0 Å². The largest absolute Gasteiger partial charge is 0.381 e. The van der Waals surface area contributed by atoms with Gasteiger partial charge in [-0.25, -0.2) is 9.97 Å². The van der Waals surface area contributed by atoms with Crippen LogP contribution in [-0.2, 0) is 0 Å². The highest BCUT2D eigenvalue weighted by molar-refractivity contribution is 5.93. The molecular weight excluding hydrogens is 352 g/mol. The van der Waals surface area contributed by atoms with Gasteiger partial charge in [-0.2, -0.15) is 0 Å². The van der Waals surface area contributed by atoms with Crippen LogP contribution in [0.3, 0.4) is 0 Å². The molecular formula is C21H26N6O. The number of carbonyl (C=O) groups excluding carboxylic acids is 1. The van der Waals surface area contributed by atoms with Crippen molar-refractivity contribution in [3.63, 3.8) is 0 Å². The van der Waals surface area contributed by atoms with E-state index in [1.807, 2.05) is 65.0 Å². The van der Waals surface area contributed by atoms with Crippen LogP contribution in [0.2, 0.25) is 0 Å². The maximum atomic E-state index is 13.0. The van der Waals surface area contributed by atoms with Crippen molar-refractivity contribution in [2.75, 3.05) is 37.4 Å². The van der Waals surface area contributed by atoms with Crippen molar-refractivity contribution in [2.45, 2.75) is 25.3 Å². The van der Waals surface area contributed by atoms with E-state index in [1.165, 1.54) is 0 Å². The van der Waals surface area contributed by atoms with Gasteiger partial charge >= 0.3 is 0 Å². The average Bonchev–Trinajstić information content (AvgIpc) is 3.00. The Labute approximate surface area is 165 Å². The SMILES string of the molecule is CN(C)c1ccc(N[C@H]2CCCN(C(=O)c3cnc4ccccn34)CC2)cn1. The number of hydrogen-bond acceptors (Lipinski definition) is 5. The van der Waals surface area contributed by atoms with Crippen LogP contribution in [0.1, 0.15) is 29.8 Å². The van der Waals surface area contributed by atoms with Gasteiger partial charge in [-0.15, -0.1) is 0 Å². The molecule has 1 saturated heterocycles. The van der Waals surface area contributed by atoms with E-state index in [2.05, 4.69) is 21.4 Å². The Balaban J connectivity index is 1.40. The molecule has 0 spiro atoms. The lowest BCUT2D eigenvalue weighted by molar-refractivity contribution is 0.0754. The van der Waals surface area contributed by atoms with E-state index in [0.29, 0.717) is 11.7 Å². The second kappa shape index (κ2) is 7.88. The quantitative estimate of drug-likeness (QED) is 0.756. The Hall–Kier alpha value is -3.09. The molecule has 3 aromatic rings. The normalized spacial score (nSPS) is 17.4. The molecule has 0 radical (unpaired) electrons. The molecule has 7 heteroatoms. The van der Waals surface area contributed by atoms with E-state index in [9.17, 15) is 4.79 Å². The predicted molar refractivity (Wildman–Crippen MR) is 111 cm³/mol. The first-order chi connectivity index (χ1) is 13.6. The molecule has 0 aromatic carbocycles. The van der Waals surface area contributed by atoms with Crippen LogP contribution < -0.4 is 10.2 Å². The number of nitrogens with one attached hydrogen (secondary N) is 1. The fourth-order valence-corrected chi connectivity index (χ4v) is 3.67. The minimum Gasteiger partial charge on any atom is -0.381 e. The molecule has 28 heavy (non-hydrogen) atoms. The number of imidazole rings is 1. The fourth-order valence-electron chi connectivity index (χ4n) is 3.67. The lowest BCUT2D eigenvalue weighted by Crippen LogP contribution is -2.33. The molecule has 1 atom stereocenters. The summed E-state index contributed by atoms with van der Waals surface area (Å²) in [4.78, 5) is 25.8. The van der Waals surface area contributed by atoms with E-state index in [0.717, 1.165) is 49.5 Å². The first-order valence-corrected chi connectivity index (χ1v) is 9.73. The molecule has 4 heterocycles. The van der Waals surface area contributed by atoms with Crippen molar-refractivity contribution in [2.24, 2.45) is 0 Å². The summed E-state index contributed by atoms with van der Waals surface area (Å²) >= 11 is 0. The zero-order chi connectivity index (χ0) is 19.5. The molecule has 3 aromatic heterocycles. The van der Waals surface area contributed by atoms with Crippen LogP contribution in [0, 0.1) is 0 Å². The number of rotatable bonds is 4. The maximum absolute atomic E-state index is 13.0. The topological polar surface area (TPSA) is 65.8 Å². The molecule has 0 unspecified atom stereocenters. The molecule has 1 amide bonds. The first-order valence-electron chi connectivity index (χ1n) is 9.73. The molecule has 0 bridgehead atoms. The van der Waals surface area contributed by atoms with E-state index >= 15 is 0 Å². The maximum Gasteiger partial charge on any atom is 0.272 e. The van der Waals surface area contributed by atoms with Gasteiger partial charge in [0.1, 0.15) is 17.2 Å². The number of pyridine rings is 2. The molecule has 1 aliphatic rings. The van der Waals surface area contributed by atoms with Gasteiger partial charge in [0.15, 0.2) is 0 Å². The van der Waals surface area contributed by atoms with Crippen LogP contribution in [0.5, 0.6) is 0 Å². The number of nitrogens with zero attached hydrogens (tertiary/aromatic N) is 5. The summed E-state index contributed by atoms with van der Waals surface area (Å²) in [7, 11) is 3.96. The molecule has 7 nitrogen and oxygen atoms in total. The summed E-state index contributed by atoms with van der Waals surface area (Å²) < 4.78 is 1.86. The van der Waals surface area contributed by atoms with Gasteiger partial charge in [0.2, 0.25) is 0 Å². The second-order valence-corrected chi connectivity index (χ2v) is 7.44. The van der Waals surface area contributed by atoms with Crippen molar-refractivity contribution >= 4 is 23.1 Å². The summed E-state index contributed by atoms with van der Waals surface area (Å²) in [5.41, 5.74) is 2.46.